The lowest BCUT2D eigenvalue weighted by molar-refractivity contribution is -0.118. The Kier molecular flexibility index (Phi) is 5.84. The number of aryl methyl sites for hydroxylation is 1. The number of aromatic amines is 1. The molecule has 9 nitrogen and oxygen atoms in total. The van der Waals surface area contributed by atoms with E-state index in [9.17, 15) is 14.4 Å². The van der Waals surface area contributed by atoms with E-state index in [0.29, 0.717) is 17.3 Å². The third kappa shape index (κ3) is 4.88. The van der Waals surface area contributed by atoms with Crippen LogP contribution in [-0.4, -0.2) is 37.5 Å². The molecule has 0 aliphatic heterocycles. The van der Waals surface area contributed by atoms with Crippen molar-refractivity contribution in [1.82, 2.24) is 25.1 Å². The summed E-state index contributed by atoms with van der Waals surface area (Å²) in [5, 5.41) is 11.1. The lowest BCUT2D eigenvalue weighted by Crippen LogP contribution is -2.38. The van der Waals surface area contributed by atoms with E-state index in [0.717, 1.165) is 34.7 Å². The zero-order valence-corrected chi connectivity index (χ0v) is 17.2. The van der Waals surface area contributed by atoms with E-state index in [2.05, 4.69) is 20.5 Å². The minimum absolute atomic E-state index is 0.0671. The number of hydrogen-bond acceptors (Lipinski definition) is 7. The summed E-state index contributed by atoms with van der Waals surface area (Å²) in [6, 6.07) is 9.59. The van der Waals surface area contributed by atoms with Gasteiger partial charge in [-0.1, -0.05) is 42.1 Å². The highest BCUT2D eigenvalue weighted by Crippen LogP contribution is 2.20. The number of amides is 1. The van der Waals surface area contributed by atoms with Gasteiger partial charge >= 0.3 is 5.69 Å². The molecule has 1 saturated carbocycles. The first kappa shape index (κ1) is 20.1. The van der Waals surface area contributed by atoms with Crippen LogP contribution < -0.4 is 16.6 Å². The zero-order valence-electron chi connectivity index (χ0n) is 16.4. The SMILES string of the molecule is Cc1[nH]c(=O)n(Cc2ccccc2)c(=O)c1Cc1nnc(SCC(=O)NC2CC2)o1. The van der Waals surface area contributed by atoms with Crippen molar-refractivity contribution in [3.05, 3.63) is 73.9 Å². The van der Waals surface area contributed by atoms with Gasteiger partial charge < -0.3 is 14.7 Å². The summed E-state index contributed by atoms with van der Waals surface area (Å²) in [5.41, 5.74) is 0.841. The number of benzene rings is 1. The zero-order chi connectivity index (χ0) is 21.1. The molecule has 0 radical (unpaired) electrons. The van der Waals surface area contributed by atoms with Crippen LogP contribution >= 0.6 is 11.8 Å². The first-order chi connectivity index (χ1) is 14.5. The van der Waals surface area contributed by atoms with Crippen LogP contribution in [0, 0.1) is 6.92 Å². The van der Waals surface area contributed by atoms with Gasteiger partial charge in [0.2, 0.25) is 11.8 Å². The molecule has 4 rings (SSSR count). The number of H-pyrrole nitrogens is 1. The predicted molar refractivity (Wildman–Crippen MR) is 111 cm³/mol. The number of carbonyl (C=O) groups excluding carboxylic acids is 1. The fourth-order valence-electron chi connectivity index (χ4n) is 2.98. The molecule has 1 fully saturated rings. The second kappa shape index (κ2) is 8.70. The molecule has 0 unspecified atom stereocenters. The van der Waals surface area contributed by atoms with Crippen LogP contribution in [0.5, 0.6) is 0 Å². The Balaban J connectivity index is 1.48. The summed E-state index contributed by atoms with van der Waals surface area (Å²) in [7, 11) is 0. The highest BCUT2D eigenvalue weighted by molar-refractivity contribution is 7.99. The standard InChI is InChI=1S/C20H21N5O4S/c1-12-15(18(27)25(19(28)21-12)10-13-5-3-2-4-6-13)9-17-23-24-20(29-17)30-11-16(26)22-14-7-8-14/h2-6,14H,7-11H2,1H3,(H,21,28)(H,22,26). The van der Waals surface area contributed by atoms with Crippen LogP contribution in [0.15, 0.2) is 49.6 Å². The Bertz CT molecular complexity index is 1160. The van der Waals surface area contributed by atoms with Crippen molar-refractivity contribution >= 4 is 17.7 Å². The first-order valence-corrected chi connectivity index (χ1v) is 10.6. The smallest absolute Gasteiger partial charge is 0.328 e. The van der Waals surface area contributed by atoms with Gasteiger partial charge in [-0.3, -0.25) is 14.2 Å². The predicted octanol–water partition coefficient (Wildman–Crippen LogP) is 1.24. The summed E-state index contributed by atoms with van der Waals surface area (Å²) in [6.07, 6.45) is 2.15. The number of nitrogens with zero attached hydrogens (tertiary/aromatic N) is 3. The van der Waals surface area contributed by atoms with Crippen molar-refractivity contribution < 1.29 is 9.21 Å². The van der Waals surface area contributed by atoms with Crippen LogP contribution in [0.3, 0.4) is 0 Å². The highest BCUT2D eigenvalue weighted by Gasteiger charge is 2.23. The molecule has 0 bridgehead atoms. The third-order valence-electron chi connectivity index (χ3n) is 4.72. The van der Waals surface area contributed by atoms with Crippen molar-refractivity contribution in [3.8, 4) is 0 Å². The summed E-state index contributed by atoms with van der Waals surface area (Å²) in [4.78, 5) is 39.8. The number of nitrogens with one attached hydrogen (secondary N) is 2. The average Bonchev–Trinajstić information content (AvgIpc) is 3.43. The summed E-state index contributed by atoms with van der Waals surface area (Å²) >= 11 is 1.15. The molecule has 1 amide bonds. The van der Waals surface area contributed by atoms with Gasteiger partial charge in [0, 0.05) is 17.3 Å². The minimum atomic E-state index is -0.464. The maximum absolute atomic E-state index is 12.9. The van der Waals surface area contributed by atoms with Gasteiger partial charge in [0.05, 0.1) is 18.7 Å². The van der Waals surface area contributed by atoms with Crippen LogP contribution in [0.1, 0.15) is 35.6 Å². The molecule has 2 heterocycles. The maximum atomic E-state index is 12.9. The van der Waals surface area contributed by atoms with Crippen molar-refractivity contribution in [2.24, 2.45) is 0 Å². The van der Waals surface area contributed by atoms with Gasteiger partial charge in [-0.25, -0.2) is 4.79 Å². The van der Waals surface area contributed by atoms with Crippen LogP contribution in [0.4, 0.5) is 0 Å². The van der Waals surface area contributed by atoms with Crippen molar-refractivity contribution in [3.63, 3.8) is 0 Å². The second-order valence-corrected chi connectivity index (χ2v) is 8.11. The average molecular weight is 427 g/mol. The van der Waals surface area contributed by atoms with Crippen LogP contribution in [0.25, 0.3) is 0 Å². The molecule has 0 saturated heterocycles. The monoisotopic (exact) mass is 427 g/mol. The van der Waals surface area contributed by atoms with Crippen molar-refractivity contribution in [2.45, 2.75) is 44.0 Å². The molecule has 156 valence electrons. The van der Waals surface area contributed by atoms with E-state index in [4.69, 9.17) is 4.42 Å². The number of thioether (sulfide) groups is 1. The van der Waals surface area contributed by atoms with Gasteiger partial charge in [-0.2, -0.15) is 0 Å². The van der Waals surface area contributed by atoms with E-state index in [1.807, 2.05) is 30.3 Å². The van der Waals surface area contributed by atoms with Gasteiger partial charge in [-0.05, 0) is 25.3 Å². The topological polar surface area (TPSA) is 123 Å². The largest absolute Gasteiger partial charge is 0.416 e. The van der Waals surface area contributed by atoms with Crippen LogP contribution in [0.2, 0.25) is 0 Å². The van der Waals surface area contributed by atoms with Crippen molar-refractivity contribution in [2.75, 3.05) is 5.75 Å². The molecule has 0 spiro atoms. The number of aromatic nitrogens is 4. The molecule has 2 N–H and O–H groups in total. The molecular weight excluding hydrogens is 406 g/mol. The van der Waals surface area contributed by atoms with E-state index < -0.39 is 11.2 Å². The van der Waals surface area contributed by atoms with E-state index in [1.165, 1.54) is 0 Å². The van der Waals surface area contributed by atoms with Crippen molar-refractivity contribution in [1.29, 1.82) is 0 Å². The Morgan fingerprint density at radius 1 is 1.27 bits per heavy atom. The molecular formula is C20H21N5O4S. The summed E-state index contributed by atoms with van der Waals surface area (Å²) in [6.45, 7) is 1.84. The van der Waals surface area contributed by atoms with E-state index >= 15 is 0 Å². The quantitative estimate of drug-likeness (QED) is 0.519. The number of rotatable bonds is 8. The normalized spacial score (nSPS) is 13.4. The van der Waals surface area contributed by atoms with E-state index in [1.54, 1.807) is 6.92 Å². The fraction of sp³-hybridized carbons (Fsp3) is 0.350. The van der Waals surface area contributed by atoms with Gasteiger partial charge in [0.25, 0.3) is 10.8 Å². The Morgan fingerprint density at radius 3 is 2.77 bits per heavy atom. The summed E-state index contributed by atoms with van der Waals surface area (Å²) < 4.78 is 6.74. The lowest BCUT2D eigenvalue weighted by atomic mass is 10.1. The van der Waals surface area contributed by atoms with Crippen LogP contribution in [-0.2, 0) is 17.8 Å². The Labute approximate surface area is 175 Å². The molecule has 1 aliphatic carbocycles. The Morgan fingerprint density at radius 2 is 2.03 bits per heavy atom. The highest BCUT2D eigenvalue weighted by atomic mass is 32.2. The molecule has 30 heavy (non-hydrogen) atoms. The molecule has 3 aromatic rings. The van der Waals surface area contributed by atoms with Gasteiger partial charge in [-0.15, -0.1) is 10.2 Å². The minimum Gasteiger partial charge on any atom is -0.416 e. The lowest BCUT2D eigenvalue weighted by Gasteiger charge is -2.09. The Hall–Kier alpha value is -3.14. The third-order valence-corrected chi connectivity index (χ3v) is 5.54. The number of carbonyl (C=O) groups is 1. The molecule has 1 aliphatic rings. The van der Waals surface area contributed by atoms with Gasteiger partial charge in [0.1, 0.15) is 0 Å². The second-order valence-electron chi connectivity index (χ2n) is 7.18. The van der Waals surface area contributed by atoms with E-state index in [-0.39, 0.29) is 35.7 Å². The first-order valence-electron chi connectivity index (χ1n) is 9.60. The number of hydrogen-bond donors (Lipinski definition) is 2. The molecule has 1 aromatic carbocycles. The maximum Gasteiger partial charge on any atom is 0.328 e. The molecule has 2 aromatic heterocycles. The molecule has 0 atom stereocenters. The summed E-state index contributed by atoms with van der Waals surface area (Å²) in [5.74, 6) is 0.376. The van der Waals surface area contributed by atoms with Gasteiger partial charge in [0.15, 0.2) is 0 Å². The fourth-order valence-corrected chi connectivity index (χ4v) is 3.57. The molecule has 10 heteroatoms.